The van der Waals surface area contributed by atoms with Gasteiger partial charge >= 0.3 is 0 Å². The van der Waals surface area contributed by atoms with Crippen molar-refractivity contribution < 1.29 is 4.74 Å². The van der Waals surface area contributed by atoms with Crippen LogP contribution in [0, 0.1) is 11.3 Å². The topological polar surface area (TPSA) is 33.0 Å². The van der Waals surface area contributed by atoms with Gasteiger partial charge in [0.25, 0.3) is 0 Å². The third-order valence-electron chi connectivity index (χ3n) is 1.53. The number of ether oxygens (including phenoxy) is 1. The number of nitriles is 1. The maximum Gasteiger partial charge on any atom is 0.168 e. The molecule has 0 saturated heterocycles. The van der Waals surface area contributed by atoms with Gasteiger partial charge in [-0.15, -0.1) is 0 Å². The van der Waals surface area contributed by atoms with Crippen LogP contribution in [0.2, 0.25) is 0 Å². The molecule has 1 aromatic rings. The number of rotatable bonds is 2. The van der Waals surface area contributed by atoms with E-state index in [1.807, 2.05) is 30.3 Å². The maximum absolute atomic E-state index is 8.66. The number of halogens is 1. The highest BCUT2D eigenvalue weighted by atomic mass is 79.9. The molecule has 0 bridgehead atoms. The molecule has 0 amide bonds. The van der Waals surface area contributed by atoms with E-state index in [4.69, 9.17) is 10.00 Å². The quantitative estimate of drug-likeness (QED) is 0.776. The summed E-state index contributed by atoms with van der Waals surface area (Å²) in [7, 11) is 1.52. The number of nitrogens with zero attached hydrogens (tertiary/aromatic N) is 1. The fourth-order valence-corrected chi connectivity index (χ4v) is 1.17. The van der Waals surface area contributed by atoms with E-state index in [0.717, 1.165) is 10.0 Å². The van der Waals surface area contributed by atoms with Gasteiger partial charge in [-0.2, -0.15) is 5.26 Å². The van der Waals surface area contributed by atoms with Gasteiger partial charge in [-0.1, -0.05) is 28.1 Å². The first kappa shape index (κ1) is 9.24. The van der Waals surface area contributed by atoms with E-state index in [1.54, 1.807) is 0 Å². The molecule has 0 aliphatic heterocycles. The first-order valence-electron chi connectivity index (χ1n) is 3.46. The fourth-order valence-electron chi connectivity index (χ4n) is 0.901. The summed E-state index contributed by atoms with van der Waals surface area (Å²) in [6.45, 7) is 0. The van der Waals surface area contributed by atoms with Crippen LogP contribution in [-0.4, -0.2) is 7.11 Å². The number of hydrogen-bond acceptors (Lipinski definition) is 2. The normalized spacial score (nSPS) is 12.1. The second-order valence-corrected chi connectivity index (χ2v) is 3.21. The molecule has 0 aliphatic rings. The van der Waals surface area contributed by atoms with Crippen molar-refractivity contribution in [2.24, 2.45) is 0 Å². The molecule has 12 heavy (non-hydrogen) atoms. The van der Waals surface area contributed by atoms with Crippen LogP contribution in [0.3, 0.4) is 0 Å². The summed E-state index contributed by atoms with van der Waals surface area (Å²) in [6, 6.07) is 9.55. The molecule has 0 N–H and O–H groups in total. The monoisotopic (exact) mass is 225 g/mol. The Morgan fingerprint density at radius 2 is 2.00 bits per heavy atom. The van der Waals surface area contributed by atoms with Crippen molar-refractivity contribution in [3.63, 3.8) is 0 Å². The average Bonchev–Trinajstić information content (AvgIpc) is 2.10. The van der Waals surface area contributed by atoms with Crippen LogP contribution in [0.4, 0.5) is 0 Å². The minimum atomic E-state index is -0.460. The Balaban J connectivity index is 2.89. The van der Waals surface area contributed by atoms with E-state index in [0.29, 0.717) is 0 Å². The van der Waals surface area contributed by atoms with Crippen molar-refractivity contribution in [2.45, 2.75) is 6.10 Å². The van der Waals surface area contributed by atoms with Gasteiger partial charge in [-0.25, -0.2) is 0 Å². The second kappa shape index (κ2) is 4.24. The van der Waals surface area contributed by atoms with Gasteiger partial charge in [-0.05, 0) is 17.7 Å². The van der Waals surface area contributed by atoms with Gasteiger partial charge in [0.2, 0.25) is 0 Å². The lowest BCUT2D eigenvalue weighted by Crippen LogP contribution is -1.96. The Kier molecular flexibility index (Phi) is 3.27. The predicted octanol–water partition coefficient (Wildman–Crippen LogP) is 2.66. The van der Waals surface area contributed by atoms with Gasteiger partial charge in [0.15, 0.2) is 6.10 Å². The van der Waals surface area contributed by atoms with Crippen molar-refractivity contribution in [3.8, 4) is 6.07 Å². The summed E-state index contributed by atoms with van der Waals surface area (Å²) in [4.78, 5) is 0. The van der Waals surface area contributed by atoms with Gasteiger partial charge in [0.1, 0.15) is 0 Å². The van der Waals surface area contributed by atoms with Gasteiger partial charge in [0.05, 0.1) is 6.07 Å². The molecular formula is C9H8BrNO. The highest BCUT2D eigenvalue weighted by Crippen LogP contribution is 2.18. The SMILES string of the molecule is CO[C@@H](C#N)c1ccc(Br)cc1. The molecule has 0 spiro atoms. The summed E-state index contributed by atoms with van der Waals surface area (Å²) in [5.41, 5.74) is 0.878. The van der Waals surface area contributed by atoms with E-state index >= 15 is 0 Å². The molecule has 1 aromatic carbocycles. The third-order valence-corrected chi connectivity index (χ3v) is 2.05. The Hall–Kier alpha value is -0.850. The van der Waals surface area contributed by atoms with E-state index in [1.165, 1.54) is 7.11 Å². The minimum Gasteiger partial charge on any atom is -0.362 e. The lowest BCUT2D eigenvalue weighted by Gasteiger charge is -2.05. The van der Waals surface area contributed by atoms with E-state index in [-0.39, 0.29) is 0 Å². The molecular weight excluding hydrogens is 218 g/mol. The van der Waals surface area contributed by atoms with E-state index in [9.17, 15) is 0 Å². The lowest BCUT2D eigenvalue weighted by molar-refractivity contribution is 0.148. The standard InChI is InChI=1S/C9H8BrNO/c1-12-9(6-11)7-2-4-8(10)5-3-7/h2-5,9H,1H3/t9-/m0/s1. The summed E-state index contributed by atoms with van der Waals surface area (Å²) in [5, 5.41) is 8.66. The number of benzene rings is 1. The zero-order chi connectivity index (χ0) is 8.97. The molecule has 1 atom stereocenters. The van der Waals surface area contributed by atoms with Crippen LogP contribution >= 0.6 is 15.9 Å². The Labute approximate surface area is 79.9 Å². The maximum atomic E-state index is 8.66. The van der Waals surface area contributed by atoms with E-state index in [2.05, 4.69) is 15.9 Å². The summed E-state index contributed by atoms with van der Waals surface area (Å²) < 4.78 is 5.95. The third kappa shape index (κ3) is 2.07. The largest absolute Gasteiger partial charge is 0.362 e. The van der Waals surface area contributed by atoms with Gasteiger partial charge in [-0.3, -0.25) is 0 Å². The second-order valence-electron chi connectivity index (χ2n) is 2.30. The van der Waals surface area contributed by atoms with Crippen LogP contribution in [-0.2, 0) is 4.74 Å². The number of methoxy groups -OCH3 is 1. The minimum absolute atomic E-state index is 0.460. The lowest BCUT2D eigenvalue weighted by atomic mass is 10.1. The summed E-state index contributed by atoms with van der Waals surface area (Å²) in [6.07, 6.45) is -0.460. The molecule has 0 aliphatic carbocycles. The Morgan fingerprint density at radius 3 is 2.42 bits per heavy atom. The molecule has 0 unspecified atom stereocenters. The average molecular weight is 226 g/mol. The summed E-state index contributed by atoms with van der Waals surface area (Å²) in [5.74, 6) is 0. The summed E-state index contributed by atoms with van der Waals surface area (Å²) >= 11 is 3.31. The molecule has 1 rings (SSSR count). The van der Waals surface area contributed by atoms with Gasteiger partial charge < -0.3 is 4.74 Å². The van der Waals surface area contributed by atoms with Crippen molar-refractivity contribution in [1.29, 1.82) is 5.26 Å². The Bertz CT molecular complexity index is 288. The van der Waals surface area contributed by atoms with Crippen molar-refractivity contribution >= 4 is 15.9 Å². The molecule has 2 nitrogen and oxygen atoms in total. The number of hydrogen-bond donors (Lipinski definition) is 0. The molecule has 3 heteroatoms. The van der Waals surface area contributed by atoms with Crippen LogP contribution in [0.15, 0.2) is 28.7 Å². The van der Waals surface area contributed by atoms with Gasteiger partial charge in [0, 0.05) is 11.6 Å². The van der Waals surface area contributed by atoms with Crippen LogP contribution in [0.25, 0.3) is 0 Å². The van der Waals surface area contributed by atoms with Crippen LogP contribution < -0.4 is 0 Å². The highest BCUT2D eigenvalue weighted by molar-refractivity contribution is 9.10. The first-order chi connectivity index (χ1) is 5.77. The fraction of sp³-hybridized carbons (Fsp3) is 0.222. The molecule has 0 saturated carbocycles. The predicted molar refractivity (Wildman–Crippen MR) is 49.5 cm³/mol. The van der Waals surface area contributed by atoms with Crippen molar-refractivity contribution in [3.05, 3.63) is 34.3 Å². The van der Waals surface area contributed by atoms with Crippen LogP contribution in [0.1, 0.15) is 11.7 Å². The highest BCUT2D eigenvalue weighted by Gasteiger charge is 2.06. The van der Waals surface area contributed by atoms with Crippen molar-refractivity contribution in [1.82, 2.24) is 0 Å². The zero-order valence-corrected chi connectivity index (χ0v) is 8.21. The smallest absolute Gasteiger partial charge is 0.168 e. The molecule has 0 fully saturated rings. The molecule has 62 valence electrons. The molecule has 0 radical (unpaired) electrons. The first-order valence-corrected chi connectivity index (χ1v) is 4.25. The Morgan fingerprint density at radius 1 is 1.42 bits per heavy atom. The van der Waals surface area contributed by atoms with Crippen LogP contribution in [0.5, 0.6) is 0 Å². The zero-order valence-electron chi connectivity index (χ0n) is 6.62. The molecule has 0 heterocycles. The van der Waals surface area contributed by atoms with E-state index < -0.39 is 6.10 Å². The molecule has 0 aromatic heterocycles. The van der Waals surface area contributed by atoms with Crippen molar-refractivity contribution in [2.75, 3.05) is 7.11 Å².